The predicted molar refractivity (Wildman–Crippen MR) is 85.6 cm³/mol. The van der Waals surface area contributed by atoms with Gasteiger partial charge in [0.15, 0.2) is 5.96 Å². The van der Waals surface area contributed by atoms with Gasteiger partial charge in [-0.2, -0.15) is 5.10 Å². The third-order valence-corrected chi connectivity index (χ3v) is 3.38. The molecule has 0 bridgehead atoms. The Morgan fingerprint density at radius 3 is 2.82 bits per heavy atom. The Hall–Kier alpha value is -2.31. The first-order valence-corrected chi connectivity index (χ1v) is 7.43. The molecule has 0 saturated heterocycles. The Morgan fingerprint density at radius 2 is 2.23 bits per heavy atom. The zero-order valence-electron chi connectivity index (χ0n) is 13.6. The first kappa shape index (κ1) is 16.1. The molecule has 0 saturated carbocycles. The van der Waals surface area contributed by atoms with E-state index in [1.165, 1.54) is 0 Å². The summed E-state index contributed by atoms with van der Waals surface area (Å²) < 4.78 is 7.47. The van der Waals surface area contributed by atoms with Crippen LogP contribution in [0.3, 0.4) is 0 Å². The molecule has 2 rings (SSSR count). The van der Waals surface area contributed by atoms with Gasteiger partial charge in [-0.15, -0.1) is 0 Å². The fourth-order valence-corrected chi connectivity index (χ4v) is 2.06. The zero-order valence-corrected chi connectivity index (χ0v) is 13.6. The Balaban J connectivity index is 1.75. The maximum absolute atomic E-state index is 5.54. The Bertz CT molecular complexity index is 582. The van der Waals surface area contributed by atoms with Crippen LogP contribution in [0.15, 0.2) is 27.9 Å². The van der Waals surface area contributed by atoms with Gasteiger partial charge in [-0.3, -0.25) is 9.67 Å². The van der Waals surface area contributed by atoms with Gasteiger partial charge in [0.05, 0.1) is 12.2 Å². The quantitative estimate of drug-likeness (QED) is 0.624. The van der Waals surface area contributed by atoms with E-state index in [2.05, 4.69) is 32.6 Å². The van der Waals surface area contributed by atoms with E-state index in [0.717, 1.165) is 30.5 Å². The first-order valence-electron chi connectivity index (χ1n) is 7.43. The van der Waals surface area contributed by atoms with E-state index in [0.29, 0.717) is 18.4 Å². The number of aromatic nitrogens is 3. The molecule has 1 unspecified atom stereocenters. The second kappa shape index (κ2) is 7.63. The summed E-state index contributed by atoms with van der Waals surface area (Å²) in [5.74, 6) is 2.70. The largest absolute Gasteiger partial charge is 0.444 e. The van der Waals surface area contributed by atoms with Crippen LogP contribution in [-0.2, 0) is 13.1 Å². The van der Waals surface area contributed by atoms with Crippen molar-refractivity contribution in [1.29, 1.82) is 0 Å². The number of hydrogen-bond acceptors (Lipinski definition) is 4. The minimum absolute atomic E-state index is 0.435. The minimum Gasteiger partial charge on any atom is -0.444 e. The number of nitrogens with zero attached hydrogens (tertiary/aromatic N) is 4. The topological polar surface area (TPSA) is 80.3 Å². The van der Waals surface area contributed by atoms with Gasteiger partial charge in [-0.05, 0) is 25.8 Å². The highest BCUT2D eigenvalue weighted by atomic mass is 16.4. The van der Waals surface area contributed by atoms with Gasteiger partial charge < -0.3 is 15.1 Å². The fourth-order valence-electron chi connectivity index (χ4n) is 2.06. The molecule has 7 nitrogen and oxygen atoms in total. The molecule has 0 aromatic carbocycles. The minimum atomic E-state index is 0.435. The van der Waals surface area contributed by atoms with Crippen LogP contribution >= 0.6 is 0 Å². The van der Waals surface area contributed by atoms with E-state index >= 15 is 0 Å². The smallest absolute Gasteiger partial charge is 0.214 e. The van der Waals surface area contributed by atoms with E-state index in [1.54, 1.807) is 13.2 Å². The molecule has 1 atom stereocenters. The van der Waals surface area contributed by atoms with Gasteiger partial charge in [-0.1, -0.05) is 6.92 Å². The molecule has 22 heavy (non-hydrogen) atoms. The van der Waals surface area contributed by atoms with E-state index in [9.17, 15) is 0 Å². The number of rotatable bonds is 6. The zero-order chi connectivity index (χ0) is 15.9. The molecular weight excluding hydrogens is 280 g/mol. The summed E-state index contributed by atoms with van der Waals surface area (Å²) >= 11 is 0. The van der Waals surface area contributed by atoms with Crippen molar-refractivity contribution in [2.45, 2.75) is 33.9 Å². The lowest BCUT2D eigenvalue weighted by Crippen LogP contribution is -2.39. The highest BCUT2D eigenvalue weighted by Crippen LogP contribution is 2.07. The fraction of sp³-hybridized carbons (Fsp3) is 0.533. The van der Waals surface area contributed by atoms with Crippen molar-refractivity contribution in [1.82, 2.24) is 25.4 Å². The van der Waals surface area contributed by atoms with Gasteiger partial charge in [0.2, 0.25) is 5.89 Å². The number of guanidine groups is 1. The van der Waals surface area contributed by atoms with Gasteiger partial charge in [0.25, 0.3) is 0 Å². The molecule has 2 N–H and O–H groups in total. The van der Waals surface area contributed by atoms with Gasteiger partial charge in [0, 0.05) is 32.5 Å². The molecule has 0 spiro atoms. The van der Waals surface area contributed by atoms with E-state index in [-0.39, 0.29) is 0 Å². The predicted octanol–water partition coefficient (Wildman–Crippen LogP) is 1.49. The molecular formula is C15H24N6O. The van der Waals surface area contributed by atoms with Crippen LogP contribution in [0.25, 0.3) is 0 Å². The van der Waals surface area contributed by atoms with Crippen LogP contribution in [0, 0.1) is 19.8 Å². The summed E-state index contributed by atoms with van der Waals surface area (Å²) in [6.45, 7) is 8.21. The van der Waals surface area contributed by atoms with Gasteiger partial charge >= 0.3 is 0 Å². The molecule has 0 radical (unpaired) electrons. The maximum atomic E-state index is 5.54. The summed E-state index contributed by atoms with van der Waals surface area (Å²) in [7, 11) is 1.75. The molecule has 0 fully saturated rings. The summed E-state index contributed by atoms with van der Waals surface area (Å²) in [4.78, 5) is 8.54. The van der Waals surface area contributed by atoms with Crippen LogP contribution in [0.1, 0.15) is 24.3 Å². The summed E-state index contributed by atoms with van der Waals surface area (Å²) in [6, 6.07) is 1.93. The normalized spacial score (nSPS) is 13.2. The van der Waals surface area contributed by atoms with Crippen molar-refractivity contribution in [2.75, 3.05) is 13.6 Å². The lowest BCUT2D eigenvalue weighted by molar-refractivity contribution is 0.440. The second-order valence-corrected chi connectivity index (χ2v) is 5.39. The van der Waals surface area contributed by atoms with E-state index in [4.69, 9.17) is 4.42 Å². The van der Waals surface area contributed by atoms with Gasteiger partial charge in [0.1, 0.15) is 5.76 Å². The van der Waals surface area contributed by atoms with Crippen molar-refractivity contribution in [3.63, 3.8) is 0 Å². The number of hydrogen-bond donors (Lipinski definition) is 2. The average Bonchev–Trinajstić information content (AvgIpc) is 3.10. The Labute approximate surface area is 130 Å². The molecule has 2 aromatic heterocycles. The third-order valence-electron chi connectivity index (χ3n) is 3.38. The monoisotopic (exact) mass is 304 g/mol. The molecule has 7 heteroatoms. The third kappa shape index (κ3) is 4.61. The first-order chi connectivity index (χ1) is 10.6. The van der Waals surface area contributed by atoms with E-state index in [1.807, 2.05) is 30.8 Å². The molecule has 0 amide bonds. The summed E-state index contributed by atoms with van der Waals surface area (Å²) in [5, 5.41) is 10.7. The molecule has 2 heterocycles. The Kier molecular flexibility index (Phi) is 5.57. The number of nitrogens with one attached hydrogen (secondary N) is 2. The number of aliphatic imine (C=N–C) groups is 1. The molecule has 0 aliphatic rings. The van der Waals surface area contributed by atoms with Crippen molar-refractivity contribution in [3.05, 3.63) is 35.8 Å². The highest BCUT2D eigenvalue weighted by molar-refractivity contribution is 5.79. The highest BCUT2D eigenvalue weighted by Gasteiger charge is 2.08. The molecule has 120 valence electrons. The van der Waals surface area contributed by atoms with Crippen LogP contribution < -0.4 is 10.6 Å². The standard InChI is InChI=1S/C15H24N6O/c1-11(10-21-7-5-6-19-21)8-17-15(16-4)18-9-14-20-12(2)13(3)22-14/h5-7,11H,8-10H2,1-4H3,(H2,16,17,18). The number of oxazole rings is 1. The molecule has 0 aliphatic heterocycles. The van der Waals surface area contributed by atoms with Crippen LogP contribution in [0.2, 0.25) is 0 Å². The lowest BCUT2D eigenvalue weighted by Gasteiger charge is -2.15. The van der Waals surface area contributed by atoms with Crippen molar-refractivity contribution < 1.29 is 4.42 Å². The van der Waals surface area contributed by atoms with Crippen molar-refractivity contribution in [2.24, 2.45) is 10.9 Å². The van der Waals surface area contributed by atoms with Crippen LogP contribution in [-0.4, -0.2) is 34.3 Å². The van der Waals surface area contributed by atoms with Crippen LogP contribution in [0.5, 0.6) is 0 Å². The SMILES string of the molecule is CN=C(NCc1nc(C)c(C)o1)NCC(C)Cn1cccn1. The molecule has 0 aliphatic carbocycles. The Morgan fingerprint density at radius 1 is 1.41 bits per heavy atom. The van der Waals surface area contributed by atoms with Crippen LogP contribution in [0.4, 0.5) is 0 Å². The second-order valence-electron chi connectivity index (χ2n) is 5.39. The number of aryl methyl sites for hydroxylation is 2. The lowest BCUT2D eigenvalue weighted by atomic mass is 10.2. The average molecular weight is 304 g/mol. The maximum Gasteiger partial charge on any atom is 0.214 e. The summed E-state index contributed by atoms with van der Waals surface area (Å²) in [6.07, 6.45) is 3.76. The summed E-state index contributed by atoms with van der Waals surface area (Å²) in [5.41, 5.74) is 0.924. The van der Waals surface area contributed by atoms with Crippen molar-refractivity contribution >= 4 is 5.96 Å². The van der Waals surface area contributed by atoms with E-state index < -0.39 is 0 Å². The van der Waals surface area contributed by atoms with Gasteiger partial charge in [-0.25, -0.2) is 4.98 Å². The molecule has 2 aromatic rings. The van der Waals surface area contributed by atoms with Crippen molar-refractivity contribution in [3.8, 4) is 0 Å².